The van der Waals surface area contributed by atoms with Crippen LogP contribution in [0, 0.1) is 5.21 Å². The van der Waals surface area contributed by atoms with Gasteiger partial charge >= 0.3 is 5.97 Å². The van der Waals surface area contributed by atoms with Crippen LogP contribution in [0.4, 0.5) is 0 Å². The van der Waals surface area contributed by atoms with Crippen molar-refractivity contribution in [2.75, 3.05) is 53.1 Å². The molecule has 1 aliphatic heterocycles. The molecule has 1 saturated heterocycles. The number of ether oxygens (including phenoxy) is 3. The molecular weight excluding hydrogens is 420 g/mol. The molecule has 1 fully saturated rings. The zero-order valence-corrected chi connectivity index (χ0v) is 19.2. The molecule has 4 rings (SSSR count). The summed E-state index contributed by atoms with van der Waals surface area (Å²) in [6, 6.07) is 15.3. The molecule has 7 heteroatoms. The summed E-state index contributed by atoms with van der Waals surface area (Å²) in [6.45, 7) is 6.88. The molecule has 1 aliphatic carbocycles. The lowest BCUT2D eigenvalue weighted by Crippen LogP contribution is -2.38. The summed E-state index contributed by atoms with van der Waals surface area (Å²) in [7, 11) is 1.41. The van der Waals surface area contributed by atoms with E-state index in [2.05, 4.69) is 4.90 Å². The predicted molar refractivity (Wildman–Crippen MR) is 127 cm³/mol. The van der Waals surface area contributed by atoms with Gasteiger partial charge in [0, 0.05) is 25.2 Å². The van der Waals surface area contributed by atoms with Gasteiger partial charge in [0.15, 0.2) is 0 Å². The quantitative estimate of drug-likeness (QED) is 0.266. The van der Waals surface area contributed by atoms with E-state index in [4.69, 9.17) is 14.2 Å². The van der Waals surface area contributed by atoms with Crippen molar-refractivity contribution in [3.8, 4) is 5.75 Å². The third-order valence-corrected chi connectivity index (χ3v) is 5.80. The van der Waals surface area contributed by atoms with Gasteiger partial charge in [-0.25, -0.2) is 9.53 Å². The zero-order chi connectivity index (χ0) is 23.2. The lowest BCUT2D eigenvalue weighted by atomic mass is 9.97. The van der Waals surface area contributed by atoms with Gasteiger partial charge < -0.3 is 19.4 Å². The molecule has 0 N–H and O–H groups in total. The van der Waals surface area contributed by atoms with Crippen LogP contribution in [0.25, 0.3) is 5.57 Å². The van der Waals surface area contributed by atoms with Crippen molar-refractivity contribution >= 4 is 17.3 Å². The summed E-state index contributed by atoms with van der Waals surface area (Å²) >= 11 is 0. The van der Waals surface area contributed by atoms with Crippen molar-refractivity contribution in [2.45, 2.75) is 13.3 Å². The monoisotopic (exact) mass is 450 g/mol. The third-order valence-electron chi connectivity index (χ3n) is 5.80. The molecule has 0 radical (unpaired) electrons. The van der Waals surface area contributed by atoms with Crippen LogP contribution in [-0.2, 0) is 14.3 Å². The van der Waals surface area contributed by atoms with Gasteiger partial charge in [0.1, 0.15) is 25.0 Å². The summed E-state index contributed by atoms with van der Waals surface area (Å²) in [5.41, 5.74) is 3.68. The molecule has 0 saturated carbocycles. The highest BCUT2D eigenvalue weighted by molar-refractivity contribution is 6.35. The fraction of sp³-hybridized carbons (Fsp3) is 0.385. The summed E-state index contributed by atoms with van der Waals surface area (Å²) in [5, 5.41) is 12.7. The molecule has 7 nitrogen and oxygen atoms in total. The van der Waals surface area contributed by atoms with Crippen LogP contribution in [-0.4, -0.2) is 74.4 Å². The Bertz CT molecular complexity index is 1050. The number of esters is 1. The zero-order valence-electron chi connectivity index (χ0n) is 19.2. The van der Waals surface area contributed by atoms with Crippen LogP contribution in [0.15, 0.2) is 54.1 Å². The molecule has 0 unspecified atom stereocenters. The second-order valence-corrected chi connectivity index (χ2v) is 8.11. The van der Waals surface area contributed by atoms with E-state index in [-0.39, 0.29) is 0 Å². The topological polar surface area (TPSA) is 74.1 Å². The van der Waals surface area contributed by atoms with Gasteiger partial charge in [-0.05, 0) is 35.7 Å². The first kappa shape index (κ1) is 23.0. The van der Waals surface area contributed by atoms with Crippen molar-refractivity contribution in [1.29, 1.82) is 0 Å². The minimum absolute atomic E-state index is 0.298. The van der Waals surface area contributed by atoms with Crippen molar-refractivity contribution in [3.63, 3.8) is 0 Å². The van der Waals surface area contributed by atoms with Crippen molar-refractivity contribution in [2.24, 2.45) is 0 Å². The van der Waals surface area contributed by atoms with Crippen molar-refractivity contribution in [1.82, 2.24) is 4.90 Å². The van der Waals surface area contributed by atoms with E-state index in [1.807, 2.05) is 55.5 Å². The molecule has 33 heavy (non-hydrogen) atoms. The normalized spacial score (nSPS) is 17.6. The second kappa shape index (κ2) is 10.6. The lowest BCUT2D eigenvalue weighted by molar-refractivity contribution is -0.421. The third kappa shape index (κ3) is 5.10. The van der Waals surface area contributed by atoms with E-state index in [1.54, 1.807) is 0 Å². The molecule has 2 aliphatic rings. The van der Waals surface area contributed by atoms with Crippen LogP contribution in [0.3, 0.4) is 0 Å². The van der Waals surface area contributed by atoms with Gasteiger partial charge in [0.25, 0.3) is 0 Å². The Hall–Kier alpha value is -3.16. The molecular formula is C26H30N2O5. The molecule has 174 valence electrons. The Labute approximate surface area is 194 Å². The number of carbonyl (C=O) groups excluding carboxylic acids is 1. The molecule has 1 heterocycles. The van der Waals surface area contributed by atoms with Gasteiger partial charge in [-0.2, -0.15) is 0 Å². The number of fused-ring (bicyclic) bond motifs is 1. The Morgan fingerprint density at radius 2 is 1.85 bits per heavy atom. The van der Waals surface area contributed by atoms with Crippen LogP contribution in [0.2, 0.25) is 0 Å². The number of rotatable bonds is 8. The number of nitrogens with zero attached hydrogens (tertiary/aromatic N) is 2. The van der Waals surface area contributed by atoms with E-state index in [0.717, 1.165) is 48.7 Å². The van der Waals surface area contributed by atoms with E-state index in [9.17, 15) is 10.0 Å². The number of carbonyl (C=O) groups is 1. The Morgan fingerprint density at radius 1 is 1.09 bits per heavy atom. The maximum absolute atomic E-state index is 13.1. The highest BCUT2D eigenvalue weighted by atomic mass is 16.5. The Kier molecular flexibility index (Phi) is 7.42. The first-order valence-corrected chi connectivity index (χ1v) is 11.4. The Morgan fingerprint density at radius 3 is 2.55 bits per heavy atom. The SMILES string of the molecule is CCCOC(=O)C1=C(c2ccccc2)c2ccc(OCCN3CCOCC3)cc2/C1=[N+](/C)[O-]. The number of hydroxylamine groups is 1. The largest absolute Gasteiger partial charge is 0.624 e. The molecule has 0 amide bonds. The summed E-state index contributed by atoms with van der Waals surface area (Å²) < 4.78 is 17.6. The van der Waals surface area contributed by atoms with Crippen LogP contribution < -0.4 is 4.74 Å². The van der Waals surface area contributed by atoms with E-state index >= 15 is 0 Å². The highest BCUT2D eigenvalue weighted by Gasteiger charge is 2.39. The molecule has 0 bridgehead atoms. The van der Waals surface area contributed by atoms with E-state index < -0.39 is 5.97 Å². The first-order chi connectivity index (χ1) is 16.1. The van der Waals surface area contributed by atoms with Crippen LogP contribution >= 0.6 is 0 Å². The fourth-order valence-electron chi connectivity index (χ4n) is 4.23. The van der Waals surface area contributed by atoms with Gasteiger partial charge in [-0.15, -0.1) is 0 Å². The maximum Gasteiger partial charge on any atom is 0.345 e. The summed E-state index contributed by atoms with van der Waals surface area (Å²) in [6.07, 6.45) is 0.705. The number of hydrogen-bond acceptors (Lipinski definition) is 6. The Balaban J connectivity index is 1.66. The van der Waals surface area contributed by atoms with E-state index in [1.165, 1.54) is 7.05 Å². The highest BCUT2D eigenvalue weighted by Crippen LogP contribution is 2.40. The van der Waals surface area contributed by atoms with Crippen LogP contribution in [0.5, 0.6) is 5.75 Å². The molecule has 2 aromatic carbocycles. The number of hydrogen-bond donors (Lipinski definition) is 0. The van der Waals surface area contributed by atoms with Gasteiger partial charge in [0.05, 0.1) is 25.4 Å². The first-order valence-electron chi connectivity index (χ1n) is 11.4. The lowest BCUT2D eigenvalue weighted by Gasteiger charge is -2.26. The minimum Gasteiger partial charge on any atom is -0.624 e. The molecule has 0 atom stereocenters. The van der Waals surface area contributed by atoms with Crippen molar-refractivity contribution in [3.05, 3.63) is 76.0 Å². The number of benzene rings is 2. The second-order valence-electron chi connectivity index (χ2n) is 8.11. The van der Waals surface area contributed by atoms with Crippen LogP contribution in [0.1, 0.15) is 30.0 Å². The van der Waals surface area contributed by atoms with Gasteiger partial charge in [-0.3, -0.25) is 4.90 Å². The minimum atomic E-state index is -0.487. The molecule has 0 aromatic heterocycles. The smallest absolute Gasteiger partial charge is 0.345 e. The fourth-order valence-corrected chi connectivity index (χ4v) is 4.23. The van der Waals surface area contributed by atoms with E-state index in [0.29, 0.717) is 47.8 Å². The molecule has 2 aromatic rings. The van der Waals surface area contributed by atoms with Gasteiger partial charge in [0.2, 0.25) is 5.71 Å². The van der Waals surface area contributed by atoms with Gasteiger partial charge in [-0.1, -0.05) is 37.3 Å². The number of morpholine rings is 1. The predicted octanol–water partition coefficient (Wildman–Crippen LogP) is 3.10. The average Bonchev–Trinajstić information content (AvgIpc) is 3.18. The average molecular weight is 451 g/mol. The summed E-state index contributed by atoms with van der Waals surface area (Å²) in [4.78, 5) is 15.4. The molecule has 0 spiro atoms. The summed E-state index contributed by atoms with van der Waals surface area (Å²) in [5.74, 6) is 0.177. The van der Waals surface area contributed by atoms with Crippen molar-refractivity contribution < 1.29 is 23.7 Å². The maximum atomic E-state index is 13.1. The standard InChI is InChI=1S/C26H30N2O5/c1-3-14-33-26(29)24-23(19-7-5-4-6-8-19)21-10-9-20(18-22(21)25(24)27(2)30)32-17-13-28-11-15-31-16-12-28/h4-10,18H,3,11-17H2,1-2H3/b27-25+.